The molecule has 0 aromatic heterocycles. The number of nitrogens with one attached hydrogen (secondary N) is 2. The standard InChI is InChI=1S/C20H36N4O.HI/c1-6-24(7-2)16-8-9-17(3)23-20(21-4)22-15-14-18-10-12-19(25-5)13-11-18;/h10-13,17H,6-9,14-16H2,1-5H3,(H2,21,22,23);1H. The molecule has 0 fully saturated rings. The average molecular weight is 476 g/mol. The van der Waals surface area contributed by atoms with Crippen LogP contribution in [0.4, 0.5) is 0 Å². The second-order valence-electron chi connectivity index (χ2n) is 6.31. The van der Waals surface area contributed by atoms with Crippen LogP contribution in [0.25, 0.3) is 0 Å². The molecular formula is C20H37IN4O. The minimum absolute atomic E-state index is 0. The third kappa shape index (κ3) is 10.2. The highest BCUT2D eigenvalue weighted by Gasteiger charge is 2.06. The van der Waals surface area contributed by atoms with E-state index in [1.54, 1.807) is 7.11 Å². The third-order valence-electron chi connectivity index (χ3n) is 4.48. The van der Waals surface area contributed by atoms with Crippen LogP contribution in [0.15, 0.2) is 29.3 Å². The highest BCUT2D eigenvalue weighted by molar-refractivity contribution is 14.0. The largest absolute Gasteiger partial charge is 0.497 e. The van der Waals surface area contributed by atoms with Gasteiger partial charge in [0.25, 0.3) is 0 Å². The molecule has 0 amide bonds. The summed E-state index contributed by atoms with van der Waals surface area (Å²) in [5.74, 6) is 1.77. The quantitative estimate of drug-likeness (QED) is 0.292. The highest BCUT2D eigenvalue weighted by Crippen LogP contribution is 2.11. The van der Waals surface area contributed by atoms with Crippen molar-refractivity contribution in [3.8, 4) is 5.75 Å². The van der Waals surface area contributed by atoms with Crippen LogP contribution in [0, 0.1) is 0 Å². The summed E-state index contributed by atoms with van der Waals surface area (Å²) in [5, 5.41) is 6.88. The molecule has 150 valence electrons. The molecule has 1 rings (SSSR count). The van der Waals surface area contributed by atoms with Crippen LogP contribution in [0.5, 0.6) is 5.75 Å². The van der Waals surface area contributed by atoms with Gasteiger partial charge in [-0.3, -0.25) is 4.99 Å². The second-order valence-corrected chi connectivity index (χ2v) is 6.31. The number of ether oxygens (including phenoxy) is 1. The first-order chi connectivity index (χ1) is 12.1. The van der Waals surface area contributed by atoms with Crippen LogP contribution in [-0.2, 0) is 6.42 Å². The van der Waals surface area contributed by atoms with Crippen LogP contribution in [0.1, 0.15) is 39.2 Å². The molecule has 0 aliphatic heterocycles. The number of nitrogens with zero attached hydrogens (tertiary/aromatic N) is 2. The Kier molecular flexibility index (Phi) is 14.5. The van der Waals surface area contributed by atoms with Gasteiger partial charge in [-0.2, -0.15) is 0 Å². The molecule has 1 unspecified atom stereocenters. The molecule has 6 heteroatoms. The van der Waals surface area contributed by atoms with Crippen molar-refractivity contribution in [3.05, 3.63) is 29.8 Å². The minimum Gasteiger partial charge on any atom is -0.497 e. The highest BCUT2D eigenvalue weighted by atomic mass is 127. The first kappa shape index (κ1) is 25.0. The van der Waals surface area contributed by atoms with Crippen molar-refractivity contribution in [2.45, 2.75) is 46.1 Å². The summed E-state index contributed by atoms with van der Waals surface area (Å²) in [6.07, 6.45) is 3.31. The Morgan fingerprint density at radius 2 is 1.85 bits per heavy atom. The SMILES string of the molecule is CCN(CC)CCCC(C)NC(=NC)NCCc1ccc(OC)cc1.I. The molecular weight excluding hydrogens is 439 g/mol. The number of guanidine groups is 1. The maximum absolute atomic E-state index is 5.19. The number of halogens is 1. The Bertz CT molecular complexity index is 489. The molecule has 0 saturated heterocycles. The van der Waals surface area contributed by atoms with Gasteiger partial charge in [-0.1, -0.05) is 26.0 Å². The zero-order valence-corrected chi connectivity index (χ0v) is 19.4. The van der Waals surface area contributed by atoms with Crippen molar-refractivity contribution in [2.24, 2.45) is 4.99 Å². The van der Waals surface area contributed by atoms with Gasteiger partial charge in [0.2, 0.25) is 0 Å². The van der Waals surface area contributed by atoms with E-state index < -0.39 is 0 Å². The van der Waals surface area contributed by atoms with Crippen LogP contribution in [-0.4, -0.2) is 57.2 Å². The lowest BCUT2D eigenvalue weighted by Gasteiger charge is -2.21. The Morgan fingerprint density at radius 3 is 2.38 bits per heavy atom. The van der Waals surface area contributed by atoms with Gasteiger partial charge < -0.3 is 20.3 Å². The van der Waals surface area contributed by atoms with Crippen molar-refractivity contribution in [2.75, 3.05) is 40.3 Å². The van der Waals surface area contributed by atoms with E-state index in [0.29, 0.717) is 6.04 Å². The monoisotopic (exact) mass is 476 g/mol. The Labute approximate surface area is 177 Å². The zero-order valence-electron chi connectivity index (χ0n) is 17.0. The van der Waals surface area contributed by atoms with Crippen molar-refractivity contribution in [1.82, 2.24) is 15.5 Å². The fraction of sp³-hybridized carbons (Fsp3) is 0.650. The molecule has 1 atom stereocenters. The van der Waals surface area contributed by atoms with Crippen LogP contribution in [0.3, 0.4) is 0 Å². The molecule has 0 radical (unpaired) electrons. The lowest BCUT2D eigenvalue weighted by molar-refractivity contribution is 0.292. The van der Waals surface area contributed by atoms with Gasteiger partial charge in [0.05, 0.1) is 7.11 Å². The predicted octanol–water partition coefficient (Wildman–Crippen LogP) is 3.53. The summed E-state index contributed by atoms with van der Waals surface area (Å²) in [4.78, 5) is 6.79. The van der Waals surface area contributed by atoms with Gasteiger partial charge in [-0.05, 0) is 63.5 Å². The molecule has 26 heavy (non-hydrogen) atoms. The zero-order chi connectivity index (χ0) is 18.5. The molecule has 0 saturated carbocycles. The smallest absolute Gasteiger partial charge is 0.191 e. The van der Waals surface area contributed by atoms with Crippen molar-refractivity contribution in [1.29, 1.82) is 0 Å². The van der Waals surface area contributed by atoms with E-state index in [-0.39, 0.29) is 24.0 Å². The minimum atomic E-state index is 0. The number of rotatable bonds is 11. The molecule has 0 bridgehead atoms. The van der Waals surface area contributed by atoms with Crippen LogP contribution >= 0.6 is 24.0 Å². The Balaban J connectivity index is 0.00000625. The Morgan fingerprint density at radius 1 is 1.19 bits per heavy atom. The number of benzene rings is 1. The molecule has 5 nitrogen and oxygen atoms in total. The first-order valence-electron chi connectivity index (χ1n) is 9.45. The molecule has 0 aliphatic carbocycles. The van der Waals surface area contributed by atoms with Gasteiger partial charge in [-0.25, -0.2) is 0 Å². The number of hydrogen-bond donors (Lipinski definition) is 2. The summed E-state index contributed by atoms with van der Waals surface area (Å²) < 4.78 is 5.19. The van der Waals surface area contributed by atoms with E-state index in [2.05, 4.69) is 53.4 Å². The van der Waals surface area contributed by atoms with Crippen LogP contribution in [0.2, 0.25) is 0 Å². The van der Waals surface area contributed by atoms with E-state index in [4.69, 9.17) is 4.74 Å². The summed E-state index contributed by atoms with van der Waals surface area (Å²) in [6.45, 7) is 11.0. The molecule has 2 N–H and O–H groups in total. The van der Waals surface area contributed by atoms with Crippen molar-refractivity contribution in [3.63, 3.8) is 0 Å². The van der Waals surface area contributed by atoms with Gasteiger partial charge in [0.1, 0.15) is 5.75 Å². The van der Waals surface area contributed by atoms with E-state index in [9.17, 15) is 0 Å². The third-order valence-corrected chi connectivity index (χ3v) is 4.48. The molecule has 0 spiro atoms. The lowest BCUT2D eigenvalue weighted by Crippen LogP contribution is -2.43. The molecule has 0 aliphatic rings. The summed E-state index contributed by atoms with van der Waals surface area (Å²) in [7, 11) is 3.51. The fourth-order valence-electron chi connectivity index (χ4n) is 2.78. The summed E-state index contributed by atoms with van der Waals surface area (Å²) >= 11 is 0. The van der Waals surface area contributed by atoms with Gasteiger partial charge >= 0.3 is 0 Å². The van der Waals surface area contributed by atoms with E-state index in [0.717, 1.165) is 44.2 Å². The normalized spacial score (nSPS) is 12.5. The molecule has 1 aromatic rings. The van der Waals surface area contributed by atoms with Gasteiger partial charge in [-0.15, -0.1) is 24.0 Å². The topological polar surface area (TPSA) is 48.9 Å². The van der Waals surface area contributed by atoms with Crippen LogP contribution < -0.4 is 15.4 Å². The van der Waals surface area contributed by atoms with Crippen molar-refractivity contribution >= 4 is 29.9 Å². The summed E-state index contributed by atoms with van der Waals surface area (Å²) in [5.41, 5.74) is 1.29. The number of hydrogen-bond acceptors (Lipinski definition) is 3. The maximum atomic E-state index is 5.19. The fourth-order valence-corrected chi connectivity index (χ4v) is 2.78. The second kappa shape index (κ2) is 15.1. The lowest BCUT2D eigenvalue weighted by atomic mass is 10.1. The van der Waals surface area contributed by atoms with E-state index in [1.165, 1.54) is 18.5 Å². The van der Waals surface area contributed by atoms with Gasteiger partial charge in [0.15, 0.2) is 5.96 Å². The maximum Gasteiger partial charge on any atom is 0.191 e. The van der Waals surface area contributed by atoms with E-state index in [1.807, 2.05) is 19.2 Å². The van der Waals surface area contributed by atoms with Crippen molar-refractivity contribution < 1.29 is 4.74 Å². The number of methoxy groups -OCH3 is 1. The van der Waals surface area contributed by atoms with Gasteiger partial charge in [0, 0.05) is 19.6 Å². The predicted molar refractivity (Wildman–Crippen MR) is 123 cm³/mol. The first-order valence-corrected chi connectivity index (χ1v) is 9.45. The Hall–Kier alpha value is -1.02. The van der Waals surface area contributed by atoms with E-state index >= 15 is 0 Å². The number of aliphatic imine (C=N–C) groups is 1. The molecule has 1 aromatic carbocycles. The summed E-state index contributed by atoms with van der Waals surface area (Å²) in [6, 6.07) is 8.63. The molecule has 0 heterocycles. The average Bonchev–Trinajstić information content (AvgIpc) is 2.65.